The largest absolute Gasteiger partial charge is 0.462 e. The van der Waals surface area contributed by atoms with Crippen LogP contribution in [0.3, 0.4) is 0 Å². The van der Waals surface area contributed by atoms with E-state index >= 15 is 0 Å². The molecule has 0 aliphatic heterocycles. The van der Waals surface area contributed by atoms with Crippen molar-refractivity contribution in [1.82, 2.24) is 5.32 Å². The molecule has 4 aromatic rings. The van der Waals surface area contributed by atoms with E-state index in [0.717, 1.165) is 45.7 Å². The van der Waals surface area contributed by atoms with Crippen LogP contribution in [0.2, 0.25) is 0 Å². The Kier molecular flexibility index (Phi) is 11.5. The summed E-state index contributed by atoms with van der Waals surface area (Å²) in [6.45, 7) is 7.98. The highest BCUT2D eigenvalue weighted by Crippen LogP contribution is 2.40. The van der Waals surface area contributed by atoms with E-state index in [1.807, 2.05) is 43.3 Å². The summed E-state index contributed by atoms with van der Waals surface area (Å²) in [5, 5.41) is 8.69. The lowest BCUT2D eigenvalue weighted by atomic mass is 9.88. The monoisotopic (exact) mass is 681 g/mol. The Morgan fingerprint density at radius 1 is 1.00 bits per heavy atom. The number of nitrogens with one attached hydrogen (secondary N) is 3. The Labute approximate surface area is 289 Å². The molecular formula is C38H39N3O5S2. The number of esters is 1. The van der Waals surface area contributed by atoms with Crippen molar-refractivity contribution in [2.24, 2.45) is 5.92 Å². The molecule has 1 heterocycles. The van der Waals surface area contributed by atoms with Gasteiger partial charge in [0, 0.05) is 21.0 Å². The summed E-state index contributed by atoms with van der Waals surface area (Å²) in [6.07, 6.45) is 4.30. The number of rotatable bonds is 11. The van der Waals surface area contributed by atoms with Crippen molar-refractivity contribution in [3.63, 3.8) is 0 Å². The number of aryl methyl sites for hydroxylation is 1. The lowest BCUT2D eigenvalue weighted by molar-refractivity contribution is -0.115. The zero-order valence-corrected chi connectivity index (χ0v) is 29.1. The van der Waals surface area contributed by atoms with Crippen LogP contribution in [0, 0.1) is 12.8 Å². The molecule has 3 N–H and O–H groups in total. The van der Waals surface area contributed by atoms with Gasteiger partial charge in [0.1, 0.15) is 10.7 Å². The smallest absolute Gasteiger partial charge is 0.341 e. The third-order valence-corrected chi connectivity index (χ3v) is 10.1. The van der Waals surface area contributed by atoms with Gasteiger partial charge in [-0.1, -0.05) is 61.0 Å². The van der Waals surface area contributed by atoms with Crippen LogP contribution in [0.5, 0.6) is 0 Å². The van der Waals surface area contributed by atoms with Gasteiger partial charge in [-0.15, -0.1) is 23.1 Å². The first-order chi connectivity index (χ1) is 23.1. The maximum atomic E-state index is 13.5. The molecule has 0 bridgehead atoms. The van der Waals surface area contributed by atoms with Crippen LogP contribution in [0.25, 0.3) is 6.08 Å². The van der Waals surface area contributed by atoms with Crippen LogP contribution in [0.4, 0.5) is 10.7 Å². The Hall–Kier alpha value is -4.67. The Balaban J connectivity index is 1.29. The van der Waals surface area contributed by atoms with E-state index in [0.29, 0.717) is 27.7 Å². The quantitative estimate of drug-likeness (QED) is 0.0843. The number of anilines is 2. The molecule has 48 heavy (non-hydrogen) atoms. The van der Waals surface area contributed by atoms with Gasteiger partial charge in [-0.2, -0.15) is 0 Å². The highest BCUT2D eigenvalue weighted by atomic mass is 32.2. The highest BCUT2D eigenvalue weighted by molar-refractivity contribution is 8.00. The molecule has 0 radical (unpaired) electrons. The number of ether oxygens (including phenoxy) is 1. The molecule has 5 rings (SSSR count). The van der Waals surface area contributed by atoms with Crippen molar-refractivity contribution < 1.29 is 23.9 Å². The Morgan fingerprint density at radius 2 is 1.77 bits per heavy atom. The fourth-order valence-electron chi connectivity index (χ4n) is 5.44. The Morgan fingerprint density at radius 3 is 2.52 bits per heavy atom. The molecule has 0 saturated heterocycles. The number of carbonyl (C=O) groups is 4. The van der Waals surface area contributed by atoms with Gasteiger partial charge in [-0.25, -0.2) is 4.79 Å². The highest BCUT2D eigenvalue weighted by Gasteiger charge is 2.30. The molecule has 3 aromatic carbocycles. The van der Waals surface area contributed by atoms with Gasteiger partial charge >= 0.3 is 5.97 Å². The predicted molar refractivity (Wildman–Crippen MR) is 194 cm³/mol. The number of thioether (sulfide) groups is 1. The molecular weight excluding hydrogens is 643 g/mol. The summed E-state index contributed by atoms with van der Waals surface area (Å²) in [6, 6.07) is 23.5. The third-order valence-electron chi connectivity index (χ3n) is 7.88. The number of hydrogen-bond donors (Lipinski definition) is 3. The van der Waals surface area contributed by atoms with E-state index in [-0.39, 0.29) is 18.2 Å². The van der Waals surface area contributed by atoms with Crippen LogP contribution in [-0.4, -0.2) is 35.5 Å². The van der Waals surface area contributed by atoms with Crippen molar-refractivity contribution in [2.45, 2.75) is 57.1 Å². The van der Waals surface area contributed by atoms with Crippen molar-refractivity contribution in [1.29, 1.82) is 0 Å². The van der Waals surface area contributed by atoms with Crippen molar-refractivity contribution >= 4 is 63.6 Å². The van der Waals surface area contributed by atoms with Crippen LogP contribution >= 0.6 is 23.1 Å². The third kappa shape index (κ3) is 8.81. The molecule has 0 spiro atoms. The van der Waals surface area contributed by atoms with Crippen LogP contribution in [-0.2, 0) is 27.2 Å². The Bertz CT molecular complexity index is 1850. The second-order valence-corrected chi connectivity index (χ2v) is 14.3. The van der Waals surface area contributed by atoms with Crippen molar-refractivity contribution in [3.8, 4) is 0 Å². The van der Waals surface area contributed by atoms with Crippen LogP contribution in [0.1, 0.15) is 69.5 Å². The van der Waals surface area contributed by atoms with Gasteiger partial charge in [0.25, 0.3) is 11.8 Å². The van der Waals surface area contributed by atoms with E-state index in [4.69, 9.17) is 4.74 Å². The normalized spacial score (nSPS) is 14.8. The summed E-state index contributed by atoms with van der Waals surface area (Å²) in [5.41, 5.74) is 4.28. The minimum atomic E-state index is -0.508. The first-order valence-corrected chi connectivity index (χ1v) is 17.7. The number of hydrogen-bond acceptors (Lipinski definition) is 7. The van der Waals surface area contributed by atoms with E-state index < -0.39 is 23.0 Å². The summed E-state index contributed by atoms with van der Waals surface area (Å²) < 4.78 is 5.35. The molecule has 1 aromatic heterocycles. The van der Waals surface area contributed by atoms with E-state index in [9.17, 15) is 19.2 Å². The average molecular weight is 682 g/mol. The molecule has 2 unspecified atom stereocenters. The molecule has 8 nitrogen and oxygen atoms in total. The lowest BCUT2D eigenvalue weighted by Gasteiger charge is -2.18. The van der Waals surface area contributed by atoms with Crippen molar-refractivity contribution in [2.75, 3.05) is 17.2 Å². The molecule has 1 aliphatic rings. The number of fused-ring (bicyclic) bond motifs is 1. The second kappa shape index (κ2) is 16.0. The summed E-state index contributed by atoms with van der Waals surface area (Å²) in [7, 11) is 0. The van der Waals surface area contributed by atoms with E-state index in [1.54, 1.807) is 62.4 Å². The number of amides is 3. The van der Waals surface area contributed by atoms with Crippen LogP contribution in [0.15, 0.2) is 89.5 Å². The molecule has 248 valence electrons. The topological polar surface area (TPSA) is 114 Å². The molecule has 1 aliphatic carbocycles. The molecule has 10 heteroatoms. The number of benzene rings is 3. The maximum Gasteiger partial charge on any atom is 0.341 e. The second-order valence-electron chi connectivity index (χ2n) is 11.8. The lowest BCUT2D eigenvalue weighted by Crippen LogP contribution is -2.30. The minimum absolute atomic E-state index is 0.0886. The molecule has 2 atom stereocenters. The first kappa shape index (κ1) is 34.7. The van der Waals surface area contributed by atoms with E-state index in [1.165, 1.54) is 23.1 Å². The number of carbonyl (C=O) groups excluding carboxylic acids is 4. The predicted octanol–water partition coefficient (Wildman–Crippen LogP) is 7.89. The minimum Gasteiger partial charge on any atom is -0.462 e. The van der Waals surface area contributed by atoms with E-state index in [2.05, 4.69) is 22.9 Å². The van der Waals surface area contributed by atoms with Gasteiger partial charge < -0.3 is 20.7 Å². The summed E-state index contributed by atoms with van der Waals surface area (Å²) in [5.74, 6) is -1.01. The zero-order chi connectivity index (χ0) is 34.2. The fourth-order valence-corrected chi connectivity index (χ4v) is 7.77. The first-order valence-electron chi connectivity index (χ1n) is 16.0. The average Bonchev–Trinajstić information content (AvgIpc) is 3.41. The van der Waals surface area contributed by atoms with Gasteiger partial charge in [0.05, 0.1) is 17.4 Å². The van der Waals surface area contributed by atoms with Gasteiger partial charge in [0.15, 0.2) is 0 Å². The zero-order valence-electron chi connectivity index (χ0n) is 27.4. The van der Waals surface area contributed by atoms with Crippen molar-refractivity contribution in [3.05, 3.63) is 117 Å². The standard InChI is InChI=1S/C38H39N3O5S2/c1-5-46-38(45)33-30-18-17-24(3)20-32(30)48-37(33)41-34(42)25(4)47-29-16-10-15-28(22-29)39-36(44)31(21-26-12-9-11-23(2)19-26)40-35(43)27-13-7-6-8-14-27/h6-16,19,21-22,24-25H,5,17-18,20H2,1-4H3,(H,39,44)(H,40,43)(H,41,42)/b31-21+. The van der Waals surface area contributed by atoms with Gasteiger partial charge in [0.2, 0.25) is 5.91 Å². The van der Waals surface area contributed by atoms with Gasteiger partial charge in [-0.05, 0) is 93.5 Å². The fraction of sp³-hybridized carbons (Fsp3) is 0.263. The summed E-state index contributed by atoms with van der Waals surface area (Å²) >= 11 is 2.80. The van der Waals surface area contributed by atoms with Crippen LogP contribution < -0.4 is 16.0 Å². The molecule has 0 saturated carbocycles. The molecule has 3 amide bonds. The van der Waals surface area contributed by atoms with Gasteiger partial charge in [-0.3, -0.25) is 14.4 Å². The SMILES string of the molecule is CCOC(=O)c1c(NC(=O)C(C)Sc2cccc(NC(=O)/C(=C\c3cccc(C)c3)NC(=O)c3ccccc3)c2)sc2c1CCC(C)C2. The molecule has 0 fully saturated rings. The maximum absolute atomic E-state index is 13.5. The summed E-state index contributed by atoms with van der Waals surface area (Å²) in [4.78, 5) is 54.8. The number of thiophene rings is 1.